The van der Waals surface area contributed by atoms with Crippen molar-refractivity contribution in [3.8, 4) is 39.1 Å². The van der Waals surface area contributed by atoms with E-state index in [0.29, 0.717) is 0 Å². The van der Waals surface area contributed by atoms with Crippen LogP contribution in [-0.4, -0.2) is 4.57 Å². The van der Waals surface area contributed by atoms with Crippen LogP contribution in [-0.2, 0) is 5.41 Å². The highest BCUT2D eigenvalue weighted by Crippen LogP contribution is 2.63. The summed E-state index contributed by atoms with van der Waals surface area (Å²) in [6.45, 7) is 0. The van der Waals surface area contributed by atoms with Crippen molar-refractivity contribution in [3.63, 3.8) is 0 Å². The van der Waals surface area contributed by atoms with E-state index < -0.39 is 0 Å². The molecule has 222 valence electrons. The molecule has 2 aliphatic rings. The van der Waals surface area contributed by atoms with Crippen molar-refractivity contribution >= 4 is 32.6 Å². The van der Waals surface area contributed by atoms with E-state index in [9.17, 15) is 0 Å². The quantitative estimate of drug-likeness (QED) is 0.184. The first-order valence-electron chi connectivity index (χ1n) is 16.8. The van der Waals surface area contributed by atoms with Crippen LogP contribution in [0.15, 0.2) is 176 Å². The van der Waals surface area contributed by atoms with Crippen molar-refractivity contribution in [3.05, 3.63) is 198 Å². The average Bonchev–Trinajstić information content (AvgIpc) is 3.76. The monoisotopic (exact) mass is 607 g/mol. The van der Waals surface area contributed by atoms with Gasteiger partial charge in [0.05, 0.1) is 16.4 Å². The predicted molar refractivity (Wildman–Crippen MR) is 200 cm³/mol. The Morgan fingerprint density at radius 1 is 0.333 bits per heavy atom. The first kappa shape index (κ1) is 25.9. The molecular formula is C47H29N. The van der Waals surface area contributed by atoms with Crippen LogP contribution in [0.2, 0.25) is 0 Å². The van der Waals surface area contributed by atoms with Gasteiger partial charge >= 0.3 is 0 Å². The Morgan fingerprint density at radius 3 is 1.60 bits per heavy atom. The standard InChI is InChI=1S/C47H29N/c1-2-12-31-27-34(24-21-30(31)11-1)48-45-20-10-6-16-39(45)40-28-32(23-26-46(40)48)33-22-25-38-37-15-5-9-19-43(37)47(44(38)29-33)41-17-7-3-13-35(41)36-14-4-8-18-42(36)47/h1-29H. The lowest BCUT2D eigenvalue weighted by atomic mass is 9.70. The second-order valence-corrected chi connectivity index (χ2v) is 13.3. The molecule has 0 N–H and O–H groups in total. The van der Waals surface area contributed by atoms with Gasteiger partial charge in [-0.15, -0.1) is 0 Å². The van der Waals surface area contributed by atoms with Crippen molar-refractivity contribution in [1.82, 2.24) is 4.57 Å². The fourth-order valence-electron chi connectivity index (χ4n) is 9.02. The maximum atomic E-state index is 2.48. The highest BCUT2D eigenvalue weighted by atomic mass is 15.0. The third kappa shape index (κ3) is 3.25. The molecule has 1 heterocycles. The number of benzene rings is 8. The smallest absolute Gasteiger partial charge is 0.0725 e. The largest absolute Gasteiger partial charge is 0.309 e. The Hall–Kier alpha value is -6.18. The molecule has 48 heavy (non-hydrogen) atoms. The lowest BCUT2D eigenvalue weighted by Gasteiger charge is -2.30. The fraction of sp³-hybridized carbons (Fsp3) is 0.0213. The molecule has 9 aromatic rings. The third-order valence-corrected chi connectivity index (χ3v) is 11.0. The lowest BCUT2D eigenvalue weighted by molar-refractivity contribution is 0.794. The topological polar surface area (TPSA) is 4.93 Å². The molecule has 0 saturated heterocycles. The zero-order valence-electron chi connectivity index (χ0n) is 26.2. The molecule has 0 unspecified atom stereocenters. The molecule has 1 heteroatoms. The Balaban J connectivity index is 1.15. The summed E-state index contributed by atoms with van der Waals surface area (Å²) in [5, 5.41) is 5.05. The summed E-state index contributed by atoms with van der Waals surface area (Å²) in [4.78, 5) is 0. The van der Waals surface area contributed by atoms with Crippen LogP contribution in [0.5, 0.6) is 0 Å². The molecule has 8 aromatic carbocycles. The van der Waals surface area contributed by atoms with Crippen molar-refractivity contribution in [2.75, 3.05) is 0 Å². The second-order valence-electron chi connectivity index (χ2n) is 13.3. The van der Waals surface area contributed by atoms with Crippen LogP contribution in [0, 0.1) is 0 Å². The van der Waals surface area contributed by atoms with Gasteiger partial charge in [-0.05, 0) is 103 Å². The van der Waals surface area contributed by atoms with E-state index in [1.165, 1.54) is 93.9 Å². The first-order valence-corrected chi connectivity index (χ1v) is 16.8. The molecule has 11 rings (SSSR count). The molecule has 1 nitrogen and oxygen atoms in total. The molecule has 0 atom stereocenters. The number of rotatable bonds is 2. The average molecular weight is 608 g/mol. The van der Waals surface area contributed by atoms with E-state index in [2.05, 4.69) is 180 Å². The second kappa shape index (κ2) is 9.44. The van der Waals surface area contributed by atoms with Gasteiger partial charge in [0.1, 0.15) is 0 Å². The Morgan fingerprint density at radius 2 is 0.875 bits per heavy atom. The minimum Gasteiger partial charge on any atom is -0.309 e. The van der Waals surface area contributed by atoms with Gasteiger partial charge in [0.25, 0.3) is 0 Å². The number of para-hydroxylation sites is 1. The molecule has 0 aliphatic heterocycles. The van der Waals surface area contributed by atoms with E-state index in [-0.39, 0.29) is 5.41 Å². The van der Waals surface area contributed by atoms with E-state index in [1.54, 1.807) is 0 Å². The van der Waals surface area contributed by atoms with Crippen molar-refractivity contribution < 1.29 is 0 Å². The van der Waals surface area contributed by atoms with Gasteiger partial charge < -0.3 is 4.57 Å². The number of nitrogens with zero attached hydrogens (tertiary/aromatic N) is 1. The van der Waals surface area contributed by atoms with Gasteiger partial charge in [0, 0.05) is 16.5 Å². The molecule has 0 saturated carbocycles. The number of hydrogen-bond acceptors (Lipinski definition) is 0. The van der Waals surface area contributed by atoms with Crippen LogP contribution in [0.4, 0.5) is 0 Å². The minimum absolute atomic E-state index is 0.342. The van der Waals surface area contributed by atoms with Gasteiger partial charge in [-0.1, -0.05) is 140 Å². The van der Waals surface area contributed by atoms with Crippen LogP contribution >= 0.6 is 0 Å². The molecule has 2 aliphatic carbocycles. The SMILES string of the molecule is c1ccc2c(c1)-c1ccccc1C21c2ccccc2-c2ccc(-c3ccc4c(c3)c3ccccc3n4-c3ccc4ccccc4c3)cc21. The summed E-state index contributed by atoms with van der Waals surface area (Å²) >= 11 is 0. The van der Waals surface area contributed by atoms with Crippen LogP contribution in [0.3, 0.4) is 0 Å². The van der Waals surface area contributed by atoms with Crippen LogP contribution in [0.25, 0.3) is 71.6 Å². The number of aromatic nitrogens is 1. The normalized spacial score (nSPS) is 13.6. The molecule has 1 spiro atoms. The minimum atomic E-state index is -0.342. The van der Waals surface area contributed by atoms with Gasteiger partial charge in [-0.3, -0.25) is 0 Å². The maximum absolute atomic E-state index is 2.48. The molecule has 0 amide bonds. The first-order chi connectivity index (χ1) is 23.8. The summed E-state index contributed by atoms with van der Waals surface area (Å²) in [5.41, 5.74) is 16.6. The molecular weight excluding hydrogens is 579 g/mol. The molecule has 0 bridgehead atoms. The zero-order valence-corrected chi connectivity index (χ0v) is 26.2. The summed E-state index contributed by atoms with van der Waals surface area (Å²) in [5.74, 6) is 0. The van der Waals surface area contributed by atoms with Gasteiger partial charge in [-0.2, -0.15) is 0 Å². The van der Waals surface area contributed by atoms with E-state index in [0.717, 1.165) is 0 Å². The van der Waals surface area contributed by atoms with Crippen LogP contribution < -0.4 is 0 Å². The van der Waals surface area contributed by atoms with E-state index in [1.807, 2.05) is 0 Å². The van der Waals surface area contributed by atoms with Crippen molar-refractivity contribution in [2.24, 2.45) is 0 Å². The lowest BCUT2D eigenvalue weighted by Crippen LogP contribution is -2.25. The summed E-state index contributed by atoms with van der Waals surface area (Å²) in [7, 11) is 0. The van der Waals surface area contributed by atoms with Gasteiger partial charge in [-0.25, -0.2) is 0 Å². The number of fused-ring (bicyclic) bond motifs is 14. The summed E-state index contributed by atoms with van der Waals surface area (Å²) < 4.78 is 2.42. The van der Waals surface area contributed by atoms with Crippen molar-refractivity contribution in [2.45, 2.75) is 5.41 Å². The van der Waals surface area contributed by atoms with E-state index in [4.69, 9.17) is 0 Å². The highest BCUT2D eigenvalue weighted by Gasteiger charge is 2.51. The zero-order chi connectivity index (χ0) is 31.4. The Kier molecular flexibility index (Phi) is 5.10. The summed E-state index contributed by atoms with van der Waals surface area (Å²) in [6.07, 6.45) is 0. The summed E-state index contributed by atoms with van der Waals surface area (Å²) in [6, 6.07) is 65.5. The fourth-order valence-corrected chi connectivity index (χ4v) is 9.02. The maximum Gasteiger partial charge on any atom is 0.0725 e. The predicted octanol–water partition coefficient (Wildman–Crippen LogP) is 11.9. The third-order valence-electron chi connectivity index (χ3n) is 11.0. The highest BCUT2D eigenvalue weighted by molar-refractivity contribution is 6.11. The van der Waals surface area contributed by atoms with Crippen molar-refractivity contribution in [1.29, 1.82) is 0 Å². The van der Waals surface area contributed by atoms with Gasteiger partial charge in [0.15, 0.2) is 0 Å². The Bertz CT molecular complexity index is 2730. The van der Waals surface area contributed by atoms with Crippen LogP contribution in [0.1, 0.15) is 22.3 Å². The van der Waals surface area contributed by atoms with E-state index >= 15 is 0 Å². The number of hydrogen-bond donors (Lipinski definition) is 0. The van der Waals surface area contributed by atoms with Gasteiger partial charge in [0.2, 0.25) is 0 Å². The molecule has 1 aromatic heterocycles. The molecule has 0 fully saturated rings. The Labute approximate surface area is 279 Å². The molecule has 0 radical (unpaired) electrons.